The number of likely N-dealkylation sites (tertiary alicyclic amines) is 1. The summed E-state index contributed by atoms with van der Waals surface area (Å²) in [7, 11) is -3.13. The van der Waals surface area contributed by atoms with Crippen molar-refractivity contribution >= 4 is 43.2 Å². The van der Waals surface area contributed by atoms with E-state index in [4.69, 9.17) is 4.98 Å². The van der Waals surface area contributed by atoms with Gasteiger partial charge in [0.1, 0.15) is 10.7 Å². The van der Waals surface area contributed by atoms with E-state index < -0.39 is 15.9 Å². The van der Waals surface area contributed by atoms with Gasteiger partial charge in [-0.1, -0.05) is 12.1 Å². The van der Waals surface area contributed by atoms with Crippen LogP contribution in [0.5, 0.6) is 0 Å². The molecule has 0 radical (unpaired) electrons. The fraction of sp³-hybridized carbons (Fsp3) is 0.450. The van der Waals surface area contributed by atoms with Crippen LogP contribution in [-0.2, 0) is 19.4 Å². The summed E-state index contributed by atoms with van der Waals surface area (Å²) >= 11 is 1.61. The van der Waals surface area contributed by atoms with E-state index in [1.165, 1.54) is 5.01 Å². The number of amides is 2. The Bertz CT molecular complexity index is 1120. The molecule has 0 saturated carbocycles. The van der Waals surface area contributed by atoms with E-state index in [0.29, 0.717) is 18.7 Å². The molecule has 1 N–H and O–H groups in total. The third-order valence-electron chi connectivity index (χ3n) is 5.90. The highest BCUT2D eigenvalue weighted by Gasteiger charge is 2.39. The van der Waals surface area contributed by atoms with E-state index in [0.717, 1.165) is 28.1 Å². The number of hydrogen-bond acceptors (Lipinski definition) is 7. The maximum atomic E-state index is 13.3. The Morgan fingerprint density at radius 2 is 2.07 bits per heavy atom. The third kappa shape index (κ3) is 3.47. The molecule has 3 aliphatic rings. The first-order chi connectivity index (χ1) is 14.4. The van der Waals surface area contributed by atoms with Crippen LogP contribution in [0, 0.1) is 0 Å². The van der Waals surface area contributed by atoms with Gasteiger partial charge in [-0.2, -0.15) is 0 Å². The third-order valence-corrected chi connectivity index (χ3v) is 8.79. The van der Waals surface area contributed by atoms with Crippen LogP contribution in [0.4, 0.5) is 0 Å². The molecule has 1 aromatic heterocycles. The molecule has 0 aliphatic carbocycles. The zero-order chi connectivity index (χ0) is 20.9. The number of rotatable bonds is 3. The van der Waals surface area contributed by atoms with E-state index in [1.54, 1.807) is 17.4 Å². The Kier molecular flexibility index (Phi) is 4.78. The molecule has 30 heavy (non-hydrogen) atoms. The van der Waals surface area contributed by atoms with Crippen molar-refractivity contribution in [3.8, 4) is 0 Å². The average Bonchev–Trinajstić information content (AvgIpc) is 3.44. The van der Waals surface area contributed by atoms with Crippen LogP contribution in [0.25, 0.3) is 10.2 Å². The summed E-state index contributed by atoms with van der Waals surface area (Å²) in [5, 5.41) is 2.27. The highest BCUT2D eigenvalue weighted by molar-refractivity contribution is 7.91. The van der Waals surface area contributed by atoms with Gasteiger partial charge in [0.25, 0.3) is 5.91 Å². The molecule has 2 amide bonds. The molecule has 4 heterocycles. The molecule has 5 rings (SSSR count). The maximum Gasteiger partial charge on any atom is 0.272 e. The monoisotopic (exact) mass is 446 g/mol. The van der Waals surface area contributed by atoms with Crippen LogP contribution in [-0.4, -0.2) is 59.2 Å². The molecule has 0 bridgehead atoms. The van der Waals surface area contributed by atoms with Gasteiger partial charge in [-0.25, -0.2) is 13.4 Å². The van der Waals surface area contributed by atoms with Crippen molar-refractivity contribution in [3.63, 3.8) is 0 Å². The smallest absolute Gasteiger partial charge is 0.272 e. The summed E-state index contributed by atoms with van der Waals surface area (Å²) in [6, 6.07) is 7.42. The minimum absolute atomic E-state index is 0.0642. The predicted molar refractivity (Wildman–Crippen MR) is 113 cm³/mol. The first-order valence-electron chi connectivity index (χ1n) is 10.1. The number of nitrogens with one attached hydrogen (secondary N) is 1. The summed E-state index contributed by atoms with van der Waals surface area (Å²) in [6.07, 6.45) is 3.83. The van der Waals surface area contributed by atoms with Gasteiger partial charge in [-0.15, -0.1) is 11.3 Å². The predicted octanol–water partition coefficient (Wildman–Crippen LogP) is 1.77. The largest absolute Gasteiger partial charge is 0.328 e. The summed E-state index contributed by atoms with van der Waals surface area (Å²) in [5.41, 5.74) is 4.21. The number of hydrogen-bond donors (Lipinski definition) is 1. The molecular formula is C20H22N4O4S2. The van der Waals surface area contributed by atoms with Crippen molar-refractivity contribution in [1.82, 2.24) is 20.3 Å². The van der Waals surface area contributed by atoms with E-state index in [2.05, 4.69) is 5.43 Å². The highest BCUT2D eigenvalue weighted by Crippen LogP contribution is 2.37. The highest BCUT2D eigenvalue weighted by atomic mass is 32.2. The van der Waals surface area contributed by atoms with Crippen LogP contribution < -0.4 is 5.43 Å². The van der Waals surface area contributed by atoms with E-state index in [9.17, 15) is 18.0 Å². The Hall–Kier alpha value is -2.46. The number of fused-ring (bicyclic) bond motifs is 1. The van der Waals surface area contributed by atoms with Gasteiger partial charge in [0.15, 0.2) is 9.84 Å². The lowest BCUT2D eigenvalue weighted by Crippen LogP contribution is -2.54. The van der Waals surface area contributed by atoms with Crippen LogP contribution in [0.15, 0.2) is 36.0 Å². The molecule has 2 aromatic rings. The van der Waals surface area contributed by atoms with Crippen LogP contribution in [0.2, 0.25) is 0 Å². The van der Waals surface area contributed by atoms with Gasteiger partial charge in [-0.05, 0) is 37.5 Å². The van der Waals surface area contributed by atoms with E-state index in [-0.39, 0.29) is 35.8 Å². The van der Waals surface area contributed by atoms with E-state index >= 15 is 0 Å². The van der Waals surface area contributed by atoms with Gasteiger partial charge < -0.3 is 4.90 Å². The summed E-state index contributed by atoms with van der Waals surface area (Å²) < 4.78 is 24.8. The molecule has 10 heteroatoms. The molecule has 158 valence electrons. The fourth-order valence-corrected chi connectivity index (χ4v) is 7.20. The second-order valence-corrected chi connectivity index (χ2v) is 11.2. The normalized spacial score (nSPS) is 26.1. The Balaban J connectivity index is 1.36. The average molecular weight is 447 g/mol. The number of thiazole rings is 1. The van der Waals surface area contributed by atoms with Crippen molar-refractivity contribution in [2.24, 2.45) is 0 Å². The molecule has 0 spiro atoms. The molecule has 3 aliphatic heterocycles. The van der Waals surface area contributed by atoms with Crippen molar-refractivity contribution in [2.75, 3.05) is 18.1 Å². The number of sulfone groups is 1. The number of carbonyl (C=O) groups is 2. The minimum atomic E-state index is -3.13. The zero-order valence-electron chi connectivity index (χ0n) is 16.3. The Morgan fingerprint density at radius 1 is 1.23 bits per heavy atom. The summed E-state index contributed by atoms with van der Waals surface area (Å²) in [4.78, 5) is 32.2. The first-order valence-corrected chi connectivity index (χ1v) is 12.7. The summed E-state index contributed by atoms with van der Waals surface area (Å²) in [6.45, 7) is 0.629. The number of para-hydroxylation sites is 1. The van der Waals surface area contributed by atoms with Crippen molar-refractivity contribution in [2.45, 2.75) is 37.8 Å². The second kappa shape index (κ2) is 7.35. The molecule has 2 atom stereocenters. The van der Waals surface area contributed by atoms with Crippen LogP contribution >= 0.6 is 11.3 Å². The maximum absolute atomic E-state index is 13.3. The lowest BCUT2D eigenvalue weighted by Gasteiger charge is -2.34. The van der Waals surface area contributed by atoms with Gasteiger partial charge in [0, 0.05) is 13.0 Å². The topological polar surface area (TPSA) is 99.7 Å². The molecule has 1 aromatic carbocycles. The number of aromatic nitrogens is 1. The van der Waals surface area contributed by atoms with Crippen molar-refractivity contribution in [3.05, 3.63) is 41.0 Å². The van der Waals surface area contributed by atoms with Gasteiger partial charge >= 0.3 is 0 Å². The van der Waals surface area contributed by atoms with E-state index in [1.807, 2.05) is 29.2 Å². The summed E-state index contributed by atoms with van der Waals surface area (Å²) in [5.74, 6) is -0.374. The SMILES string of the molecule is O=C(C1=CCC(=O)N([C@@H]2CCS(=O)(=O)C2)N1)N1CCC[C@@H]1c1nc2ccccc2s1. The quantitative estimate of drug-likeness (QED) is 0.771. The van der Waals surface area contributed by atoms with Crippen molar-refractivity contribution in [1.29, 1.82) is 0 Å². The zero-order valence-corrected chi connectivity index (χ0v) is 17.9. The Morgan fingerprint density at radius 3 is 2.83 bits per heavy atom. The fourth-order valence-electron chi connectivity index (χ4n) is 4.39. The standard InChI is InChI=1S/C20H22N4O4S2/c25-18-8-7-15(22-24(18)13-9-11-30(27,28)12-13)20(26)23-10-3-5-16(23)19-21-14-4-1-2-6-17(14)29-19/h1-2,4,6-7,13,16,22H,3,5,8-12H2/t13-,16-/m1/s1. The van der Waals surface area contributed by atoms with Crippen LogP contribution in [0.3, 0.4) is 0 Å². The number of carbonyl (C=O) groups excluding carboxylic acids is 2. The Labute approximate surface area is 178 Å². The molecule has 2 fully saturated rings. The minimum Gasteiger partial charge on any atom is -0.328 e. The number of nitrogens with zero attached hydrogens (tertiary/aromatic N) is 3. The molecule has 0 unspecified atom stereocenters. The molecular weight excluding hydrogens is 424 g/mol. The lowest BCUT2D eigenvalue weighted by molar-refractivity contribution is -0.138. The van der Waals surface area contributed by atoms with Crippen LogP contribution in [0.1, 0.15) is 36.7 Å². The molecule has 2 saturated heterocycles. The van der Waals surface area contributed by atoms with Gasteiger partial charge in [0.05, 0.1) is 33.8 Å². The molecule has 8 nitrogen and oxygen atoms in total. The van der Waals surface area contributed by atoms with Gasteiger partial charge in [-0.3, -0.25) is 20.0 Å². The lowest BCUT2D eigenvalue weighted by atomic mass is 10.1. The number of benzene rings is 1. The second-order valence-electron chi connectivity index (χ2n) is 7.93. The van der Waals surface area contributed by atoms with Gasteiger partial charge in [0.2, 0.25) is 5.91 Å². The number of hydrazine groups is 1. The van der Waals surface area contributed by atoms with Crippen molar-refractivity contribution < 1.29 is 18.0 Å². The first kappa shape index (κ1) is 19.5.